The van der Waals surface area contributed by atoms with E-state index in [1.54, 1.807) is 0 Å². The van der Waals surface area contributed by atoms with Crippen molar-refractivity contribution >= 4 is 0 Å². The fourth-order valence-electron chi connectivity index (χ4n) is 3.42. The van der Waals surface area contributed by atoms with E-state index in [2.05, 4.69) is 26.9 Å². The van der Waals surface area contributed by atoms with Gasteiger partial charge < -0.3 is 19.3 Å². The monoisotopic (exact) mass is 324 g/mol. The summed E-state index contributed by atoms with van der Waals surface area (Å²) < 4.78 is 10.7. The van der Waals surface area contributed by atoms with Crippen molar-refractivity contribution in [3.63, 3.8) is 0 Å². The van der Waals surface area contributed by atoms with Gasteiger partial charge in [0.15, 0.2) is 5.82 Å². The Morgan fingerprint density at radius 3 is 2.30 bits per heavy atom. The summed E-state index contributed by atoms with van der Waals surface area (Å²) in [5.74, 6) is 1.45. The van der Waals surface area contributed by atoms with E-state index in [4.69, 9.17) is 9.26 Å². The van der Waals surface area contributed by atoms with Crippen LogP contribution in [0.5, 0.6) is 0 Å². The van der Waals surface area contributed by atoms with E-state index in [1.807, 2.05) is 6.92 Å². The second kappa shape index (κ2) is 7.25. The minimum Gasteiger partial charge on any atom is -0.390 e. The molecule has 130 valence electrons. The number of aromatic nitrogens is 2. The number of ether oxygens (including phenoxy) is 1. The first kappa shape index (κ1) is 16.8. The Kier molecular flexibility index (Phi) is 5.31. The maximum atomic E-state index is 10.3. The highest BCUT2D eigenvalue weighted by atomic mass is 16.5. The van der Waals surface area contributed by atoms with Crippen LogP contribution in [0.1, 0.15) is 31.5 Å². The molecule has 0 bridgehead atoms. The van der Waals surface area contributed by atoms with E-state index in [1.165, 1.54) is 0 Å². The van der Waals surface area contributed by atoms with Gasteiger partial charge in [-0.05, 0) is 32.9 Å². The zero-order valence-electron chi connectivity index (χ0n) is 14.2. The SMILES string of the molecule is Cc1noc(C2(C)CCN(CC(O)CN3CCOCC3)CC2)n1. The Labute approximate surface area is 137 Å². The summed E-state index contributed by atoms with van der Waals surface area (Å²) in [4.78, 5) is 9.03. The second-order valence-electron chi connectivity index (χ2n) is 7.07. The zero-order valence-corrected chi connectivity index (χ0v) is 14.2. The maximum Gasteiger partial charge on any atom is 0.232 e. The first-order valence-corrected chi connectivity index (χ1v) is 8.56. The van der Waals surface area contributed by atoms with E-state index in [9.17, 15) is 5.11 Å². The molecule has 1 unspecified atom stereocenters. The molecular formula is C16H28N4O3. The smallest absolute Gasteiger partial charge is 0.232 e. The standard InChI is InChI=1S/C16H28N4O3/c1-13-17-15(23-18-13)16(2)3-5-19(6-4-16)11-14(21)12-20-7-9-22-10-8-20/h14,21H,3-12H2,1-2H3. The Morgan fingerprint density at radius 1 is 1.13 bits per heavy atom. The molecule has 0 aliphatic carbocycles. The molecule has 7 heteroatoms. The predicted molar refractivity (Wildman–Crippen MR) is 85.3 cm³/mol. The molecule has 0 spiro atoms. The summed E-state index contributed by atoms with van der Waals surface area (Å²) in [6, 6.07) is 0. The number of β-amino-alcohol motifs (C(OH)–C–C–N with tert-alkyl or cyclic N) is 1. The molecule has 7 nitrogen and oxygen atoms in total. The number of aliphatic hydroxyl groups excluding tert-OH is 1. The van der Waals surface area contributed by atoms with Crippen molar-refractivity contribution in [1.29, 1.82) is 0 Å². The predicted octanol–water partition coefficient (Wildman–Crippen LogP) is 0.425. The molecule has 0 radical (unpaired) electrons. The molecule has 2 aliphatic heterocycles. The van der Waals surface area contributed by atoms with Gasteiger partial charge in [0.2, 0.25) is 5.89 Å². The van der Waals surface area contributed by atoms with Crippen molar-refractivity contribution in [2.75, 3.05) is 52.5 Å². The number of rotatable bonds is 5. The van der Waals surface area contributed by atoms with Gasteiger partial charge in [0.05, 0.1) is 19.3 Å². The van der Waals surface area contributed by atoms with E-state index in [-0.39, 0.29) is 11.5 Å². The molecule has 1 aromatic heterocycles. The van der Waals surface area contributed by atoms with Gasteiger partial charge in [0.25, 0.3) is 0 Å². The van der Waals surface area contributed by atoms with Crippen LogP contribution in [0, 0.1) is 6.92 Å². The van der Waals surface area contributed by atoms with Gasteiger partial charge in [-0.15, -0.1) is 0 Å². The minimum atomic E-state index is -0.303. The van der Waals surface area contributed by atoms with Crippen LogP contribution in [0.15, 0.2) is 4.52 Å². The topological polar surface area (TPSA) is 74.9 Å². The van der Waals surface area contributed by atoms with Gasteiger partial charge in [-0.1, -0.05) is 12.1 Å². The van der Waals surface area contributed by atoms with E-state index in [0.29, 0.717) is 5.82 Å². The number of hydrogen-bond donors (Lipinski definition) is 1. The second-order valence-corrected chi connectivity index (χ2v) is 7.07. The van der Waals surface area contributed by atoms with Crippen LogP contribution in [0.4, 0.5) is 0 Å². The van der Waals surface area contributed by atoms with Gasteiger partial charge in [-0.25, -0.2) is 0 Å². The normalized spacial score (nSPS) is 24.7. The van der Waals surface area contributed by atoms with Gasteiger partial charge in [-0.2, -0.15) is 4.98 Å². The van der Waals surface area contributed by atoms with Crippen LogP contribution in [0.3, 0.4) is 0 Å². The highest BCUT2D eigenvalue weighted by molar-refractivity contribution is 5.05. The van der Waals surface area contributed by atoms with Gasteiger partial charge >= 0.3 is 0 Å². The van der Waals surface area contributed by atoms with Crippen molar-refractivity contribution in [2.45, 2.75) is 38.2 Å². The largest absolute Gasteiger partial charge is 0.390 e. The van der Waals surface area contributed by atoms with Crippen molar-refractivity contribution in [2.24, 2.45) is 0 Å². The van der Waals surface area contributed by atoms with E-state index >= 15 is 0 Å². The van der Waals surface area contributed by atoms with Crippen molar-refractivity contribution in [1.82, 2.24) is 19.9 Å². The highest BCUT2D eigenvalue weighted by Gasteiger charge is 2.36. The fraction of sp³-hybridized carbons (Fsp3) is 0.875. The number of piperidine rings is 1. The lowest BCUT2D eigenvalue weighted by Crippen LogP contribution is -2.48. The average Bonchev–Trinajstić information content (AvgIpc) is 2.98. The number of aryl methyl sites for hydroxylation is 1. The fourth-order valence-corrected chi connectivity index (χ4v) is 3.42. The molecule has 0 saturated carbocycles. The molecule has 23 heavy (non-hydrogen) atoms. The molecule has 2 saturated heterocycles. The number of nitrogens with zero attached hydrogens (tertiary/aromatic N) is 4. The van der Waals surface area contributed by atoms with Gasteiger partial charge in [0, 0.05) is 31.6 Å². The molecule has 3 heterocycles. The summed E-state index contributed by atoms with van der Waals surface area (Å²) in [7, 11) is 0. The van der Waals surface area contributed by atoms with Gasteiger partial charge in [0.1, 0.15) is 0 Å². The third-order valence-corrected chi connectivity index (χ3v) is 5.05. The summed E-state index contributed by atoms with van der Waals surface area (Å²) in [6.45, 7) is 10.8. The molecular weight excluding hydrogens is 296 g/mol. The third kappa shape index (κ3) is 4.29. The van der Waals surface area contributed by atoms with Crippen molar-refractivity contribution < 1.29 is 14.4 Å². The van der Waals surface area contributed by atoms with Crippen LogP contribution < -0.4 is 0 Å². The maximum absolute atomic E-state index is 10.3. The van der Waals surface area contributed by atoms with Crippen LogP contribution >= 0.6 is 0 Å². The van der Waals surface area contributed by atoms with Gasteiger partial charge in [-0.3, -0.25) is 4.90 Å². The Hall–Kier alpha value is -1.02. The molecule has 2 aliphatic rings. The lowest BCUT2D eigenvalue weighted by molar-refractivity contribution is 0.00295. The molecule has 1 N–H and O–H groups in total. The summed E-state index contributed by atoms with van der Waals surface area (Å²) in [6.07, 6.45) is 1.67. The lowest BCUT2D eigenvalue weighted by Gasteiger charge is -2.38. The first-order valence-electron chi connectivity index (χ1n) is 8.56. The summed E-state index contributed by atoms with van der Waals surface area (Å²) >= 11 is 0. The number of morpholine rings is 1. The lowest BCUT2D eigenvalue weighted by atomic mass is 9.80. The average molecular weight is 324 g/mol. The summed E-state index contributed by atoms with van der Waals surface area (Å²) in [5.41, 5.74) is -0.0348. The quantitative estimate of drug-likeness (QED) is 0.841. The van der Waals surface area contributed by atoms with Crippen molar-refractivity contribution in [3.8, 4) is 0 Å². The molecule has 2 fully saturated rings. The molecule has 0 aromatic carbocycles. The number of likely N-dealkylation sites (tertiary alicyclic amines) is 1. The van der Waals surface area contributed by atoms with E-state index in [0.717, 1.165) is 71.2 Å². The molecule has 1 aromatic rings. The van der Waals surface area contributed by atoms with Crippen LogP contribution in [0.25, 0.3) is 0 Å². The number of hydrogen-bond acceptors (Lipinski definition) is 7. The minimum absolute atomic E-state index is 0.0348. The summed E-state index contributed by atoms with van der Waals surface area (Å²) in [5, 5.41) is 14.3. The molecule has 3 rings (SSSR count). The van der Waals surface area contributed by atoms with E-state index < -0.39 is 0 Å². The highest BCUT2D eigenvalue weighted by Crippen LogP contribution is 2.33. The number of aliphatic hydroxyl groups is 1. The Bertz CT molecular complexity index is 493. The van der Waals surface area contributed by atoms with Crippen LogP contribution in [0.2, 0.25) is 0 Å². The molecule has 1 atom stereocenters. The Morgan fingerprint density at radius 2 is 1.74 bits per heavy atom. The molecule has 0 amide bonds. The Balaban J connectivity index is 1.45. The first-order chi connectivity index (χ1) is 11.0. The zero-order chi connectivity index (χ0) is 16.3. The third-order valence-electron chi connectivity index (χ3n) is 5.05. The van der Waals surface area contributed by atoms with Crippen LogP contribution in [-0.2, 0) is 10.2 Å². The van der Waals surface area contributed by atoms with Crippen molar-refractivity contribution in [3.05, 3.63) is 11.7 Å². The van der Waals surface area contributed by atoms with Crippen LogP contribution in [-0.4, -0.2) is 83.6 Å².